The smallest absolute Gasteiger partial charge is 0.303 e. The van der Waals surface area contributed by atoms with Crippen LogP contribution in [-0.2, 0) is 28.5 Å². The van der Waals surface area contributed by atoms with Gasteiger partial charge in [0.25, 0.3) is 0 Å². The van der Waals surface area contributed by atoms with E-state index in [1.807, 2.05) is 20.8 Å². The second kappa shape index (κ2) is 5.36. The Morgan fingerprint density at radius 2 is 1.89 bits per heavy atom. The van der Waals surface area contributed by atoms with Crippen LogP contribution >= 0.6 is 0 Å². The molecular formula is C13H22O6. The fourth-order valence-corrected chi connectivity index (χ4v) is 2.62. The highest BCUT2D eigenvalue weighted by atomic mass is 16.8. The molecule has 0 amide bonds. The first-order valence-corrected chi connectivity index (χ1v) is 6.51. The first-order chi connectivity index (χ1) is 8.84. The van der Waals surface area contributed by atoms with Gasteiger partial charge in [0.05, 0.1) is 12.7 Å². The maximum Gasteiger partial charge on any atom is 0.303 e. The molecule has 0 radical (unpaired) electrons. The van der Waals surface area contributed by atoms with Crippen molar-refractivity contribution in [1.82, 2.24) is 0 Å². The molecule has 0 aromatic carbocycles. The second-order valence-corrected chi connectivity index (χ2v) is 5.55. The number of rotatable bonds is 2. The largest absolute Gasteiger partial charge is 0.454 e. The molecule has 6 heteroatoms. The van der Waals surface area contributed by atoms with Crippen LogP contribution in [0, 0.1) is 5.92 Å². The van der Waals surface area contributed by atoms with Crippen LogP contribution in [0.2, 0.25) is 0 Å². The first-order valence-electron chi connectivity index (χ1n) is 6.51. The van der Waals surface area contributed by atoms with Gasteiger partial charge >= 0.3 is 5.97 Å². The topological polar surface area (TPSA) is 63.2 Å². The lowest BCUT2D eigenvalue weighted by molar-refractivity contribution is -0.229. The molecule has 2 aliphatic rings. The van der Waals surface area contributed by atoms with Crippen molar-refractivity contribution >= 4 is 5.97 Å². The van der Waals surface area contributed by atoms with E-state index in [1.54, 1.807) is 0 Å². The summed E-state index contributed by atoms with van der Waals surface area (Å²) in [6.07, 6.45) is -1.83. The first kappa shape index (κ1) is 14.7. The summed E-state index contributed by atoms with van der Waals surface area (Å²) >= 11 is 0. The van der Waals surface area contributed by atoms with Gasteiger partial charge in [-0.1, -0.05) is 6.92 Å². The highest BCUT2D eigenvalue weighted by Gasteiger charge is 2.53. The van der Waals surface area contributed by atoms with E-state index >= 15 is 0 Å². The van der Waals surface area contributed by atoms with Gasteiger partial charge in [-0.15, -0.1) is 0 Å². The fourth-order valence-electron chi connectivity index (χ4n) is 2.62. The summed E-state index contributed by atoms with van der Waals surface area (Å²) in [4.78, 5) is 11.3. The van der Waals surface area contributed by atoms with Gasteiger partial charge in [0.1, 0.15) is 6.10 Å². The number of fused-ring (bicyclic) bond motifs is 1. The summed E-state index contributed by atoms with van der Waals surface area (Å²) < 4.78 is 28.0. The number of esters is 1. The van der Waals surface area contributed by atoms with Gasteiger partial charge in [0.15, 0.2) is 18.2 Å². The minimum absolute atomic E-state index is 0.130. The Labute approximate surface area is 113 Å². The van der Waals surface area contributed by atoms with Crippen LogP contribution in [0.1, 0.15) is 27.7 Å². The predicted molar refractivity (Wildman–Crippen MR) is 65.3 cm³/mol. The standard InChI is InChI=1S/C13H22O6/c1-7-6-16-12(15-5)11(17-8(2)14)10-9(7)18-13(3,4)19-10/h7,9-12H,6H2,1-5H3/t7-,9-,10?,11+,12+/m1/s1. The number of hydrogen-bond donors (Lipinski definition) is 0. The molecule has 110 valence electrons. The average Bonchev–Trinajstić information content (AvgIpc) is 2.58. The molecule has 2 fully saturated rings. The lowest BCUT2D eigenvalue weighted by Crippen LogP contribution is -2.46. The molecule has 0 spiro atoms. The molecule has 0 N–H and O–H groups in total. The molecule has 2 rings (SSSR count). The van der Waals surface area contributed by atoms with E-state index in [-0.39, 0.29) is 18.1 Å². The molecule has 0 aliphatic carbocycles. The molecule has 0 aromatic heterocycles. The third kappa shape index (κ3) is 3.08. The lowest BCUT2D eigenvalue weighted by atomic mass is 9.98. The van der Waals surface area contributed by atoms with E-state index < -0.39 is 24.2 Å². The summed E-state index contributed by atoms with van der Waals surface area (Å²) in [6, 6.07) is 0. The van der Waals surface area contributed by atoms with E-state index in [0.717, 1.165) is 0 Å². The van der Waals surface area contributed by atoms with Crippen LogP contribution in [0.25, 0.3) is 0 Å². The zero-order valence-corrected chi connectivity index (χ0v) is 12.0. The Hall–Kier alpha value is -0.690. The molecule has 2 aliphatic heterocycles. The molecular weight excluding hydrogens is 252 g/mol. The molecule has 0 bridgehead atoms. The Kier molecular flexibility index (Phi) is 4.15. The monoisotopic (exact) mass is 274 g/mol. The predicted octanol–water partition coefficient (Wildman–Crippen LogP) is 1.08. The minimum atomic E-state index is -0.697. The zero-order valence-electron chi connectivity index (χ0n) is 12.0. The van der Waals surface area contributed by atoms with Gasteiger partial charge in [-0.3, -0.25) is 4.79 Å². The fraction of sp³-hybridized carbons (Fsp3) is 0.923. The molecule has 2 saturated heterocycles. The zero-order chi connectivity index (χ0) is 14.2. The highest BCUT2D eigenvalue weighted by Crippen LogP contribution is 2.38. The SMILES string of the molecule is CO[C@H]1OC[C@@H](C)[C@H]2OC(C)(C)OC2[C@@H]1OC(C)=O. The summed E-state index contributed by atoms with van der Waals surface area (Å²) in [5.41, 5.74) is 0. The van der Waals surface area contributed by atoms with Crippen molar-refractivity contribution < 1.29 is 28.5 Å². The van der Waals surface area contributed by atoms with Crippen molar-refractivity contribution in [1.29, 1.82) is 0 Å². The molecule has 5 atom stereocenters. The van der Waals surface area contributed by atoms with Crippen LogP contribution in [0.15, 0.2) is 0 Å². The molecule has 2 heterocycles. The molecule has 1 unspecified atom stereocenters. The van der Waals surface area contributed by atoms with Gasteiger partial charge in [-0.05, 0) is 13.8 Å². The lowest BCUT2D eigenvalue weighted by Gasteiger charge is -2.28. The molecule has 6 nitrogen and oxygen atoms in total. The van der Waals surface area contributed by atoms with Gasteiger partial charge in [0, 0.05) is 20.0 Å². The van der Waals surface area contributed by atoms with E-state index in [0.29, 0.717) is 6.61 Å². The van der Waals surface area contributed by atoms with Crippen LogP contribution in [-0.4, -0.2) is 50.1 Å². The number of hydrogen-bond acceptors (Lipinski definition) is 6. The maximum atomic E-state index is 11.3. The van der Waals surface area contributed by atoms with Gasteiger partial charge in [0.2, 0.25) is 0 Å². The summed E-state index contributed by atoms with van der Waals surface area (Å²) in [6.45, 7) is 7.54. The van der Waals surface area contributed by atoms with E-state index in [1.165, 1.54) is 14.0 Å². The molecule has 0 saturated carbocycles. The summed E-state index contributed by atoms with van der Waals surface area (Å²) in [5.74, 6) is -0.959. The van der Waals surface area contributed by atoms with Crippen LogP contribution in [0.4, 0.5) is 0 Å². The Morgan fingerprint density at radius 1 is 1.26 bits per heavy atom. The minimum Gasteiger partial charge on any atom is -0.454 e. The third-order valence-corrected chi connectivity index (χ3v) is 3.37. The van der Waals surface area contributed by atoms with E-state index in [4.69, 9.17) is 23.7 Å². The quantitative estimate of drug-likeness (QED) is 0.702. The van der Waals surface area contributed by atoms with Gasteiger partial charge in [-0.2, -0.15) is 0 Å². The number of ether oxygens (including phenoxy) is 5. The van der Waals surface area contributed by atoms with Crippen molar-refractivity contribution in [3.8, 4) is 0 Å². The summed E-state index contributed by atoms with van der Waals surface area (Å²) in [5, 5.41) is 0. The molecule has 19 heavy (non-hydrogen) atoms. The third-order valence-electron chi connectivity index (χ3n) is 3.37. The van der Waals surface area contributed by atoms with Crippen molar-refractivity contribution in [3.63, 3.8) is 0 Å². The summed E-state index contributed by atoms with van der Waals surface area (Å²) in [7, 11) is 1.52. The highest BCUT2D eigenvalue weighted by molar-refractivity contribution is 5.66. The van der Waals surface area contributed by atoms with Crippen LogP contribution < -0.4 is 0 Å². The Balaban J connectivity index is 2.26. The number of carbonyl (C=O) groups excluding carboxylic acids is 1. The second-order valence-electron chi connectivity index (χ2n) is 5.55. The van der Waals surface area contributed by atoms with Crippen molar-refractivity contribution in [2.75, 3.05) is 13.7 Å². The number of carbonyl (C=O) groups is 1. The van der Waals surface area contributed by atoms with Crippen molar-refractivity contribution in [2.24, 2.45) is 5.92 Å². The van der Waals surface area contributed by atoms with E-state index in [2.05, 4.69) is 0 Å². The van der Waals surface area contributed by atoms with E-state index in [9.17, 15) is 4.79 Å². The van der Waals surface area contributed by atoms with Gasteiger partial charge in [-0.25, -0.2) is 0 Å². The average molecular weight is 274 g/mol. The molecule has 0 aromatic rings. The Bertz CT molecular complexity index is 342. The van der Waals surface area contributed by atoms with Crippen molar-refractivity contribution in [2.45, 2.75) is 58.1 Å². The maximum absolute atomic E-state index is 11.3. The number of methoxy groups -OCH3 is 1. The Morgan fingerprint density at radius 3 is 2.47 bits per heavy atom. The normalized spacial score (nSPS) is 41.4. The van der Waals surface area contributed by atoms with Crippen molar-refractivity contribution in [3.05, 3.63) is 0 Å². The van der Waals surface area contributed by atoms with Gasteiger partial charge < -0.3 is 23.7 Å². The van der Waals surface area contributed by atoms with Crippen LogP contribution in [0.3, 0.4) is 0 Å². The van der Waals surface area contributed by atoms with Crippen LogP contribution in [0.5, 0.6) is 0 Å².